The molecule has 0 aliphatic heterocycles. The van der Waals surface area contributed by atoms with Gasteiger partial charge in [0.2, 0.25) is 0 Å². The average Bonchev–Trinajstić information content (AvgIpc) is 3.16. The quantitative estimate of drug-likeness (QED) is 0.613. The van der Waals surface area contributed by atoms with Crippen molar-refractivity contribution >= 4 is 11.6 Å². The summed E-state index contributed by atoms with van der Waals surface area (Å²) < 4.78 is 0. The molecule has 0 atom stereocenters. The number of amides is 1. The standard InChI is InChI=1S/C14H18N2O4/c1-10-6-11(8-12(7-10)16(19)20)13(18)15-9-14(2-3-14)4-5-17/h6-8,17H,2-5,9H2,1H3,(H,15,18). The van der Waals surface area contributed by atoms with Gasteiger partial charge in [0.25, 0.3) is 11.6 Å². The van der Waals surface area contributed by atoms with Gasteiger partial charge < -0.3 is 10.4 Å². The number of carbonyl (C=O) groups is 1. The lowest BCUT2D eigenvalue weighted by Crippen LogP contribution is -2.30. The number of aryl methyl sites for hydroxylation is 1. The fraction of sp³-hybridized carbons (Fsp3) is 0.500. The zero-order valence-corrected chi connectivity index (χ0v) is 11.4. The summed E-state index contributed by atoms with van der Waals surface area (Å²) in [7, 11) is 0. The van der Waals surface area contributed by atoms with Crippen molar-refractivity contribution in [2.75, 3.05) is 13.2 Å². The van der Waals surface area contributed by atoms with Crippen LogP contribution in [-0.2, 0) is 0 Å². The number of hydrogen-bond donors (Lipinski definition) is 2. The summed E-state index contributed by atoms with van der Waals surface area (Å²) in [6, 6.07) is 4.35. The van der Waals surface area contributed by atoms with E-state index in [-0.39, 0.29) is 23.6 Å². The summed E-state index contributed by atoms with van der Waals surface area (Å²) in [6.07, 6.45) is 2.69. The number of hydrogen-bond acceptors (Lipinski definition) is 4. The molecule has 0 spiro atoms. The molecule has 1 aliphatic rings. The van der Waals surface area contributed by atoms with Crippen LogP contribution in [0.3, 0.4) is 0 Å². The Bertz CT molecular complexity index is 538. The summed E-state index contributed by atoms with van der Waals surface area (Å²) in [6.45, 7) is 2.35. The number of nitro benzene ring substituents is 1. The molecule has 108 valence electrons. The van der Waals surface area contributed by atoms with Gasteiger partial charge in [-0.1, -0.05) is 0 Å². The van der Waals surface area contributed by atoms with Crippen LogP contribution in [0.1, 0.15) is 35.2 Å². The number of nitro groups is 1. The maximum Gasteiger partial charge on any atom is 0.270 e. The minimum Gasteiger partial charge on any atom is -0.396 e. The third kappa shape index (κ3) is 3.33. The van der Waals surface area contributed by atoms with E-state index < -0.39 is 4.92 Å². The Morgan fingerprint density at radius 1 is 1.45 bits per heavy atom. The topological polar surface area (TPSA) is 92.5 Å². The Morgan fingerprint density at radius 3 is 2.70 bits per heavy atom. The van der Waals surface area contributed by atoms with Crippen molar-refractivity contribution in [3.8, 4) is 0 Å². The molecule has 0 aromatic heterocycles. The Morgan fingerprint density at radius 2 is 2.15 bits per heavy atom. The Kier molecular flexibility index (Phi) is 4.04. The molecule has 1 aromatic rings. The molecular formula is C14H18N2O4. The van der Waals surface area contributed by atoms with E-state index >= 15 is 0 Å². The van der Waals surface area contributed by atoms with E-state index in [1.165, 1.54) is 12.1 Å². The lowest BCUT2D eigenvalue weighted by Gasteiger charge is -2.14. The molecule has 0 unspecified atom stereocenters. The maximum absolute atomic E-state index is 12.1. The van der Waals surface area contributed by atoms with E-state index in [0.29, 0.717) is 24.1 Å². The first-order chi connectivity index (χ1) is 9.46. The molecule has 1 amide bonds. The predicted octanol–water partition coefficient (Wildman–Crippen LogP) is 1.80. The van der Waals surface area contributed by atoms with E-state index in [0.717, 1.165) is 12.8 Å². The van der Waals surface area contributed by atoms with Gasteiger partial charge in [0.1, 0.15) is 0 Å². The molecule has 1 saturated carbocycles. The molecule has 2 N–H and O–H groups in total. The number of rotatable bonds is 6. The third-order valence-corrected chi connectivity index (χ3v) is 3.76. The summed E-state index contributed by atoms with van der Waals surface area (Å²) in [5.41, 5.74) is 0.934. The second-order valence-electron chi connectivity index (χ2n) is 5.47. The first-order valence-electron chi connectivity index (χ1n) is 6.61. The molecule has 1 aliphatic carbocycles. The van der Waals surface area contributed by atoms with Gasteiger partial charge >= 0.3 is 0 Å². The summed E-state index contributed by atoms with van der Waals surface area (Å²) in [4.78, 5) is 22.3. The Hall–Kier alpha value is -1.95. The fourth-order valence-corrected chi connectivity index (χ4v) is 2.30. The van der Waals surface area contributed by atoms with E-state index in [9.17, 15) is 14.9 Å². The summed E-state index contributed by atoms with van der Waals surface area (Å²) >= 11 is 0. The smallest absolute Gasteiger partial charge is 0.270 e. The van der Waals surface area contributed by atoms with Gasteiger partial charge in [-0.3, -0.25) is 14.9 Å². The van der Waals surface area contributed by atoms with Crippen molar-refractivity contribution in [1.82, 2.24) is 5.32 Å². The zero-order chi connectivity index (χ0) is 14.8. The maximum atomic E-state index is 12.1. The number of aliphatic hydroxyl groups excluding tert-OH is 1. The zero-order valence-electron chi connectivity index (χ0n) is 11.4. The number of non-ortho nitro benzene ring substituents is 1. The Labute approximate surface area is 117 Å². The molecular weight excluding hydrogens is 260 g/mol. The predicted molar refractivity (Wildman–Crippen MR) is 73.5 cm³/mol. The van der Waals surface area contributed by atoms with Gasteiger partial charge in [-0.05, 0) is 43.2 Å². The highest BCUT2D eigenvalue weighted by Crippen LogP contribution is 2.47. The normalized spacial score (nSPS) is 15.7. The van der Waals surface area contributed by atoms with Crippen LogP contribution in [0.2, 0.25) is 0 Å². The summed E-state index contributed by atoms with van der Waals surface area (Å²) in [5, 5.41) is 22.6. The van der Waals surface area contributed by atoms with Crippen LogP contribution < -0.4 is 5.32 Å². The van der Waals surface area contributed by atoms with Crippen molar-refractivity contribution in [2.24, 2.45) is 5.41 Å². The molecule has 6 nitrogen and oxygen atoms in total. The monoisotopic (exact) mass is 278 g/mol. The number of carbonyl (C=O) groups excluding carboxylic acids is 1. The molecule has 0 bridgehead atoms. The van der Waals surface area contributed by atoms with Gasteiger partial charge in [-0.25, -0.2) is 0 Å². The highest BCUT2D eigenvalue weighted by atomic mass is 16.6. The number of aliphatic hydroxyl groups is 1. The first-order valence-corrected chi connectivity index (χ1v) is 6.61. The van der Waals surface area contributed by atoms with Crippen LogP contribution in [0.5, 0.6) is 0 Å². The molecule has 6 heteroatoms. The lowest BCUT2D eigenvalue weighted by atomic mass is 10.0. The van der Waals surface area contributed by atoms with Crippen LogP contribution in [0.4, 0.5) is 5.69 Å². The van der Waals surface area contributed by atoms with E-state index in [1.807, 2.05) is 0 Å². The molecule has 0 heterocycles. The second-order valence-corrected chi connectivity index (χ2v) is 5.47. The molecule has 0 saturated heterocycles. The second kappa shape index (κ2) is 5.58. The largest absolute Gasteiger partial charge is 0.396 e. The van der Waals surface area contributed by atoms with Crippen molar-refractivity contribution in [3.63, 3.8) is 0 Å². The summed E-state index contributed by atoms with van der Waals surface area (Å²) in [5.74, 6) is -0.305. The minimum atomic E-state index is -0.502. The van der Waals surface area contributed by atoms with Crippen LogP contribution in [0.15, 0.2) is 18.2 Å². The molecule has 20 heavy (non-hydrogen) atoms. The van der Waals surface area contributed by atoms with Crippen LogP contribution in [0.25, 0.3) is 0 Å². The fourth-order valence-electron chi connectivity index (χ4n) is 2.30. The highest BCUT2D eigenvalue weighted by Gasteiger charge is 2.41. The van der Waals surface area contributed by atoms with Gasteiger partial charge in [0.15, 0.2) is 0 Å². The molecule has 1 aromatic carbocycles. The van der Waals surface area contributed by atoms with Crippen LogP contribution in [-0.4, -0.2) is 29.1 Å². The van der Waals surface area contributed by atoms with E-state index in [4.69, 9.17) is 5.11 Å². The van der Waals surface area contributed by atoms with Crippen LogP contribution in [0, 0.1) is 22.5 Å². The molecule has 2 rings (SSSR count). The first kappa shape index (κ1) is 14.5. The van der Waals surface area contributed by atoms with Gasteiger partial charge in [-0.15, -0.1) is 0 Å². The molecule has 0 radical (unpaired) electrons. The SMILES string of the molecule is Cc1cc(C(=O)NCC2(CCO)CC2)cc([N+](=O)[O-])c1. The van der Waals surface area contributed by atoms with Crippen molar-refractivity contribution in [3.05, 3.63) is 39.4 Å². The third-order valence-electron chi connectivity index (χ3n) is 3.76. The van der Waals surface area contributed by atoms with E-state index in [2.05, 4.69) is 5.32 Å². The molecule has 1 fully saturated rings. The minimum absolute atomic E-state index is 0.0279. The number of benzene rings is 1. The van der Waals surface area contributed by atoms with Gasteiger partial charge in [-0.2, -0.15) is 0 Å². The van der Waals surface area contributed by atoms with Gasteiger partial charge in [0, 0.05) is 30.8 Å². The number of nitrogens with zero attached hydrogens (tertiary/aromatic N) is 1. The highest BCUT2D eigenvalue weighted by molar-refractivity contribution is 5.95. The van der Waals surface area contributed by atoms with Gasteiger partial charge in [0.05, 0.1) is 4.92 Å². The lowest BCUT2D eigenvalue weighted by molar-refractivity contribution is -0.384. The van der Waals surface area contributed by atoms with Crippen molar-refractivity contribution in [2.45, 2.75) is 26.2 Å². The number of nitrogens with one attached hydrogen (secondary N) is 1. The van der Waals surface area contributed by atoms with Crippen LogP contribution >= 0.6 is 0 Å². The average molecular weight is 278 g/mol. The van der Waals surface area contributed by atoms with Crippen molar-refractivity contribution in [1.29, 1.82) is 0 Å². The van der Waals surface area contributed by atoms with Crippen molar-refractivity contribution < 1.29 is 14.8 Å². The van der Waals surface area contributed by atoms with E-state index in [1.54, 1.807) is 13.0 Å². The Balaban J connectivity index is 2.04.